The molecule has 1 aromatic rings. The SMILES string of the molecule is O=C(N1CCCC2CCCCC21)C1(c2ccccc2)CC1. The lowest BCUT2D eigenvalue weighted by molar-refractivity contribution is -0.140. The summed E-state index contributed by atoms with van der Waals surface area (Å²) >= 11 is 0. The van der Waals surface area contributed by atoms with Crippen LogP contribution in [-0.4, -0.2) is 23.4 Å². The Balaban J connectivity index is 1.59. The molecule has 2 saturated carbocycles. The second-order valence-electron chi connectivity index (χ2n) is 7.20. The Morgan fingerprint density at radius 3 is 2.48 bits per heavy atom. The normalized spacial score (nSPS) is 30.6. The van der Waals surface area contributed by atoms with Gasteiger partial charge in [0.15, 0.2) is 0 Å². The molecule has 0 spiro atoms. The van der Waals surface area contributed by atoms with E-state index in [1.807, 2.05) is 6.07 Å². The molecular weight excluding hydrogens is 258 g/mol. The Bertz CT molecular complexity index is 518. The molecule has 2 aliphatic carbocycles. The maximum Gasteiger partial charge on any atom is 0.233 e. The number of amides is 1. The van der Waals surface area contributed by atoms with Crippen LogP contribution in [0.2, 0.25) is 0 Å². The summed E-state index contributed by atoms with van der Waals surface area (Å²) in [7, 11) is 0. The van der Waals surface area contributed by atoms with Crippen LogP contribution in [0.25, 0.3) is 0 Å². The largest absolute Gasteiger partial charge is 0.339 e. The van der Waals surface area contributed by atoms with Crippen molar-refractivity contribution in [2.24, 2.45) is 5.92 Å². The number of rotatable bonds is 2. The zero-order chi connectivity index (χ0) is 14.3. The topological polar surface area (TPSA) is 20.3 Å². The van der Waals surface area contributed by atoms with Gasteiger partial charge in [-0.25, -0.2) is 0 Å². The van der Waals surface area contributed by atoms with Crippen molar-refractivity contribution < 1.29 is 4.79 Å². The standard InChI is InChI=1S/C19H25NO/c21-18(19(12-13-19)16-9-2-1-3-10-16)20-14-6-8-15-7-4-5-11-17(15)20/h1-3,9-10,15,17H,4-8,11-14H2. The van der Waals surface area contributed by atoms with Crippen LogP contribution in [0.4, 0.5) is 0 Å². The monoisotopic (exact) mass is 283 g/mol. The maximum atomic E-state index is 13.3. The molecule has 1 saturated heterocycles. The van der Waals surface area contributed by atoms with Crippen LogP contribution in [0.5, 0.6) is 0 Å². The first-order valence-corrected chi connectivity index (χ1v) is 8.68. The third kappa shape index (κ3) is 2.20. The van der Waals surface area contributed by atoms with Gasteiger partial charge in [-0.2, -0.15) is 0 Å². The van der Waals surface area contributed by atoms with Crippen molar-refractivity contribution in [3.63, 3.8) is 0 Å². The number of carbonyl (C=O) groups is 1. The van der Waals surface area contributed by atoms with Gasteiger partial charge in [0.25, 0.3) is 0 Å². The van der Waals surface area contributed by atoms with E-state index in [0.717, 1.165) is 25.3 Å². The fraction of sp³-hybridized carbons (Fsp3) is 0.632. The van der Waals surface area contributed by atoms with Gasteiger partial charge in [0.1, 0.15) is 0 Å². The summed E-state index contributed by atoms with van der Waals surface area (Å²) in [6.45, 7) is 0.995. The van der Waals surface area contributed by atoms with Crippen molar-refractivity contribution >= 4 is 5.91 Å². The van der Waals surface area contributed by atoms with Gasteiger partial charge in [-0.05, 0) is 50.0 Å². The summed E-state index contributed by atoms with van der Waals surface area (Å²) in [6, 6.07) is 11.0. The van der Waals surface area contributed by atoms with Crippen molar-refractivity contribution in [1.29, 1.82) is 0 Å². The van der Waals surface area contributed by atoms with E-state index in [4.69, 9.17) is 0 Å². The predicted octanol–water partition coefficient (Wildman–Crippen LogP) is 3.90. The Kier molecular flexibility index (Phi) is 3.28. The first kappa shape index (κ1) is 13.4. The molecular formula is C19H25NO. The molecule has 1 heterocycles. The van der Waals surface area contributed by atoms with Gasteiger partial charge in [0.05, 0.1) is 5.41 Å². The summed E-state index contributed by atoms with van der Waals surface area (Å²) in [5.41, 5.74) is 1.08. The summed E-state index contributed by atoms with van der Waals surface area (Å²) in [5, 5.41) is 0. The van der Waals surface area contributed by atoms with Crippen LogP contribution >= 0.6 is 0 Å². The minimum Gasteiger partial charge on any atom is -0.339 e. The summed E-state index contributed by atoms with van der Waals surface area (Å²) in [6.07, 6.45) is 9.89. The number of carbonyl (C=O) groups excluding carboxylic acids is 1. The van der Waals surface area contributed by atoms with E-state index < -0.39 is 0 Å². The molecule has 21 heavy (non-hydrogen) atoms. The number of nitrogens with zero attached hydrogens (tertiary/aromatic N) is 1. The molecule has 1 aromatic carbocycles. The molecule has 0 N–H and O–H groups in total. The first-order chi connectivity index (χ1) is 10.3. The zero-order valence-electron chi connectivity index (χ0n) is 12.8. The van der Waals surface area contributed by atoms with Crippen LogP contribution in [-0.2, 0) is 10.2 Å². The van der Waals surface area contributed by atoms with Gasteiger partial charge in [-0.3, -0.25) is 4.79 Å². The molecule has 4 rings (SSSR count). The smallest absolute Gasteiger partial charge is 0.233 e. The maximum absolute atomic E-state index is 13.3. The average molecular weight is 283 g/mol. The number of likely N-dealkylation sites (tertiary alicyclic amines) is 1. The van der Waals surface area contributed by atoms with Crippen LogP contribution in [0.3, 0.4) is 0 Å². The molecule has 3 fully saturated rings. The highest BCUT2D eigenvalue weighted by Gasteiger charge is 2.54. The fourth-order valence-electron chi connectivity index (χ4n) is 4.66. The van der Waals surface area contributed by atoms with Gasteiger partial charge in [0.2, 0.25) is 5.91 Å². The quantitative estimate of drug-likeness (QED) is 0.806. The molecule has 112 valence electrons. The molecule has 1 aliphatic heterocycles. The first-order valence-electron chi connectivity index (χ1n) is 8.68. The number of fused-ring (bicyclic) bond motifs is 1. The highest BCUT2D eigenvalue weighted by molar-refractivity contribution is 5.91. The van der Waals surface area contributed by atoms with E-state index >= 15 is 0 Å². The van der Waals surface area contributed by atoms with Crippen LogP contribution in [0.1, 0.15) is 56.9 Å². The van der Waals surface area contributed by atoms with Gasteiger partial charge in [0, 0.05) is 12.6 Å². The summed E-state index contributed by atoms with van der Waals surface area (Å²) in [4.78, 5) is 15.5. The van der Waals surface area contributed by atoms with Crippen LogP contribution in [0.15, 0.2) is 30.3 Å². The van der Waals surface area contributed by atoms with E-state index in [9.17, 15) is 4.79 Å². The Morgan fingerprint density at radius 1 is 1.00 bits per heavy atom. The summed E-state index contributed by atoms with van der Waals surface area (Å²) < 4.78 is 0. The van der Waals surface area contributed by atoms with E-state index in [2.05, 4.69) is 29.2 Å². The number of piperidine rings is 1. The number of hydrogen-bond acceptors (Lipinski definition) is 1. The van der Waals surface area contributed by atoms with Crippen molar-refractivity contribution in [3.8, 4) is 0 Å². The predicted molar refractivity (Wildman–Crippen MR) is 84.0 cm³/mol. The fourth-order valence-corrected chi connectivity index (χ4v) is 4.66. The van der Waals surface area contributed by atoms with Crippen molar-refractivity contribution in [2.75, 3.05) is 6.54 Å². The molecule has 0 radical (unpaired) electrons. The third-order valence-electron chi connectivity index (χ3n) is 5.99. The third-order valence-corrected chi connectivity index (χ3v) is 5.99. The van der Waals surface area contributed by atoms with E-state index in [1.165, 1.54) is 44.1 Å². The number of benzene rings is 1. The Hall–Kier alpha value is -1.31. The van der Waals surface area contributed by atoms with Gasteiger partial charge in [-0.15, -0.1) is 0 Å². The average Bonchev–Trinajstić information content (AvgIpc) is 3.36. The van der Waals surface area contributed by atoms with Gasteiger partial charge in [-0.1, -0.05) is 43.2 Å². The van der Waals surface area contributed by atoms with Gasteiger partial charge >= 0.3 is 0 Å². The highest BCUT2D eigenvalue weighted by Crippen LogP contribution is 2.51. The second-order valence-corrected chi connectivity index (χ2v) is 7.20. The molecule has 0 aromatic heterocycles. The minimum absolute atomic E-state index is 0.166. The number of hydrogen-bond donors (Lipinski definition) is 0. The van der Waals surface area contributed by atoms with Crippen LogP contribution < -0.4 is 0 Å². The van der Waals surface area contributed by atoms with E-state index in [-0.39, 0.29) is 5.41 Å². The van der Waals surface area contributed by atoms with E-state index in [1.54, 1.807) is 0 Å². The molecule has 2 nitrogen and oxygen atoms in total. The van der Waals surface area contributed by atoms with Crippen molar-refractivity contribution in [1.82, 2.24) is 4.90 Å². The minimum atomic E-state index is -0.166. The molecule has 3 aliphatic rings. The highest BCUT2D eigenvalue weighted by atomic mass is 16.2. The molecule has 2 heteroatoms. The van der Waals surface area contributed by atoms with Crippen LogP contribution in [0, 0.1) is 5.92 Å². The van der Waals surface area contributed by atoms with Crippen molar-refractivity contribution in [2.45, 2.75) is 62.8 Å². The Morgan fingerprint density at radius 2 is 1.71 bits per heavy atom. The molecule has 1 amide bonds. The van der Waals surface area contributed by atoms with E-state index in [0.29, 0.717) is 11.9 Å². The molecule has 2 atom stereocenters. The second kappa shape index (κ2) is 5.15. The molecule has 2 unspecified atom stereocenters. The Labute approximate surface area is 127 Å². The lowest BCUT2D eigenvalue weighted by atomic mass is 9.77. The van der Waals surface area contributed by atoms with Crippen molar-refractivity contribution in [3.05, 3.63) is 35.9 Å². The van der Waals surface area contributed by atoms with Gasteiger partial charge < -0.3 is 4.90 Å². The summed E-state index contributed by atoms with van der Waals surface area (Å²) in [5.74, 6) is 1.22. The lowest BCUT2D eigenvalue weighted by Gasteiger charge is -2.45. The lowest BCUT2D eigenvalue weighted by Crippen LogP contribution is -2.52. The molecule has 0 bridgehead atoms. The zero-order valence-corrected chi connectivity index (χ0v) is 12.8.